The van der Waals surface area contributed by atoms with E-state index in [9.17, 15) is 0 Å². The molecule has 1 unspecified atom stereocenters. The average molecular weight is 179 g/mol. The smallest absolute Gasteiger partial charge is 0.0167 e. The Kier molecular flexibility index (Phi) is 4.39. The van der Waals surface area contributed by atoms with Gasteiger partial charge < -0.3 is 0 Å². The Hall–Kier alpha value is 0.230. The SMILES string of the molecule is CCC(CS(N)(N)N)C(C)C. The summed E-state index contributed by atoms with van der Waals surface area (Å²) >= 11 is 0. The lowest BCUT2D eigenvalue weighted by molar-refractivity contribution is 0.413. The topological polar surface area (TPSA) is 78.1 Å². The van der Waals surface area contributed by atoms with Gasteiger partial charge >= 0.3 is 0 Å². The van der Waals surface area contributed by atoms with Crippen molar-refractivity contribution in [2.75, 3.05) is 5.75 Å². The lowest BCUT2D eigenvalue weighted by atomic mass is 9.96. The summed E-state index contributed by atoms with van der Waals surface area (Å²) in [6, 6.07) is 0. The minimum absolute atomic E-state index is 0.574. The molecule has 0 aliphatic rings. The molecule has 0 heterocycles. The maximum atomic E-state index is 5.59. The molecule has 0 radical (unpaired) electrons. The molecule has 0 fully saturated rings. The average Bonchev–Trinajstić information content (AvgIpc) is 1.80. The first-order valence-corrected chi connectivity index (χ1v) is 6.00. The van der Waals surface area contributed by atoms with Crippen LogP contribution >= 0.6 is 10.6 Å². The number of nitrogens with two attached hydrogens (primary N) is 3. The van der Waals surface area contributed by atoms with Crippen molar-refractivity contribution >= 4 is 10.6 Å². The minimum atomic E-state index is -1.78. The minimum Gasteiger partial charge on any atom is -0.272 e. The highest BCUT2D eigenvalue weighted by atomic mass is 32.3. The summed E-state index contributed by atoms with van der Waals surface area (Å²) in [5.41, 5.74) is 0. The van der Waals surface area contributed by atoms with E-state index >= 15 is 0 Å². The van der Waals surface area contributed by atoms with Gasteiger partial charge in [0.2, 0.25) is 0 Å². The van der Waals surface area contributed by atoms with E-state index in [1.807, 2.05) is 0 Å². The molecule has 0 aromatic heterocycles. The molecule has 0 saturated carbocycles. The van der Waals surface area contributed by atoms with Gasteiger partial charge in [-0.15, -0.1) is 0 Å². The summed E-state index contributed by atoms with van der Waals surface area (Å²) in [5.74, 6) is 1.98. The summed E-state index contributed by atoms with van der Waals surface area (Å²) in [4.78, 5) is 0. The van der Waals surface area contributed by atoms with E-state index in [-0.39, 0.29) is 0 Å². The van der Waals surface area contributed by atoms with Crippen molar-refractivity contribution in [2.45, 2.75) is 27.2 Å². The van der Waals surface area contributed by atoms with Crippen LogP contribution in [0.15, 0.2) is 0 Å². The molecule has 1 atom stereocenters. The van der Waals surface area contributed by atoms with Gasteiger partial charge in [-0.25, -0.2) is 0 Å². The lowest BCUT2D eigenvalue weighted by Crippen LogP contribution is -2.35. The van der Waals surface area contributed by atoms with Gasteiger partial charge in [0.1, 0.15) is 0 Å². The zero-order valence-electron chi connectivity index (χ0n) is 7.71. The Morgan fingerprint density at radius 3 is 1.73 bits per heavy atom. The summed E-state index contributed by atoms with van der Waals surface area (Å²) in [7, 11) is -1.78. The van der Waals surface area contributed by atoms with Gasteiger partial charge in [-0.05, 0) is 11.8 Å². The van der Waals surface area contributed by atoms with E-state index < -0.39 is 10.6 Å². The molecule has 70 valence electrons. The number of hydrogen-bond acceptors (Lipinski definition) is 3. The highest BCUT2D eigenvalue weighted by molar-refractivity contribution is 8.28. The highest BCUT2D eigenvalue weighted by Crippen LogP contribution is 2.28. The molecule has 6 N–H and O–H groups in total. The monoisotopic (exact) mass is 179 g/mol. The van der Waals surface area contributed by atoms with Gasteiger partial charge in [0, 0.05) is 5.75 Å². The molecular formula is C7H21N3S. The van der Waals surface area contributed by atoms with Gasteiger partial charge in [0.05, 0.1) is 0 Å². The fourth-order valence-corrected chi connectivity index (χ4v) is 2.51. The predicted molar refractivity (Wildman–Crippen MR) is 53.6 cm³/mol. The standard InChI is InChI=1S/C7H21N3S/c1-4-7(6(2)3)5-11(8,9)10/h6-7H,4-5,8-10H2,1-3H3. The Labute approximate surface area is 71.4 Å². The van der Waals surface area contributed by atoms with Crippen molar-refractivity contribution in [3.8, 4) is 0 Å². The van der Waals surface area contributed by atoms with Crippen LogP contribution in [0.25, 0.3) is 0 Å². The van der Waals surface area contributed by atoms with Crippen molar-refractivity contribution < 1.29 is 0 Å². The van der Waals surface area contributed by atoms with Gasteiger partial charge in [-0.3, -0.25) is 15.4 Å². The fraction of sp³-hybridized carbons (Fsp3) is 1.00. The Bertz CT molecular complexity index is 109. The summed E-state index contributed by atoms with van der Waals surface area (Å²) < 4.78 is 0. The van der Waals surface area contributed by atoms with Gasteiger partial charge in [-0.2, -0.15) is 0 Å². The molecular weight excluding hydrogens is 158 g/mol. The molecule has 4 heteroatoms. The van der Waals surface area contributed by atoms with E-state index in [0.717, 1.165) is 12.2 Å². The van der Waals surface area contributed by atoms with Crippen LogP contribution in [0.1, 0.15) is 27.2 Å². The maximum Gasteiger partial charge on any atom is 0.0167 e. The second-order valence-corrected chi connectivity index (χ2v) is 5.64. The second kappa shape index (κ2) is 4.30. The highest BCUT2D eigenvalue weighted by Gasteiger charge is 2.17. The molecule has 0 rings (SSSR count). The van der Waals surface area contributed by atoms with Gasteiger partial charge in [0.15, 0.2) is 0 Å². The third kappa shape index (κ3) is 5.49. The van der Waals surface area contributed by atoms with Crippen LogP contribution in [0.5, 0.6) is 0 Å². The fourth-order valence-electron chi connectivity index (χ4n) is 1.15. The molecule has 0 aromatic carbocycles. The van der Waals surface area contributed by atoms with Crippen LogP contribution in [0.4, 0.5) is 0 Å². The molecule has 0 spiro atoms. The molecule has 0 aliphatic heterocycles. The third-order valence-corrected chi connectivity index (χ3v) is 2.98. The van der Waals surface area contributed by atoms with Crippen molar-refractivity contribution in [3.63, 3.8) is 0 Å². The van der Waals surface area contributed by atoms with Crippen LogP contribution < -0.4 is 15.4 Å². The molecule has 3 nitrogen and oxygen atoms in total. The number of rotatable bonds is 4. The Balaban J connectivity index is 3.88. The van der Waals surface area contributed by atoms with Gasteiger partial charge in [0.25, 0.3) is 0 Å². The summed E-state index contributed by atoms with van der Waals surface area (Å²) in [6.07, 6.45) is 1.11. The van der Waals surface area contributed by atoms with Crippen LogP contribution in [-0.2, 0) is 0 Å². The first kappa shape index (κ1) is 11.2. The lowest BCUT2D eigenvalue weighted by Gasteiger charge is -2.31. The van der Waals surface area contributed by atoms with E-state index in [1.165, 1.54) is 0 Å². The van der Waals surface area contributed by atoms with Crippen LogP contribution in [-0.4, -0.2) is 5.75 Å². The molecule has 0 aromatic rings. The summed E-state index contributed by atoms with van der Waals surface area (Å²) in [6.45, 7) is 6.51. The first-order chi connectivity index (χ1) is 4.87. The van der Waals surface area contributed by atoms with Crippen LogP contribution in [0.3, 0.4) is 0 Å². The van der Waals surface area contributed by atoms with Crippen molar-refractivity contribution in [2.24, 2.45) is 27.3 Å². The predicted octanol–water partition coefficient (Wildman–Crippen LogP) is 1.09. The van der Waals surface area contributed by atoms with E-state index in [4.69, 9.17) is 15.4 Å². The van der Waals surface area contributed by atoms with Crippen LogP contribution in [0.2, 0.25) is 0 Å². The van der Waals surface area contributed by atoms with E-state index in [2.05, 4.69) is 20.8 Å². The van der Waals surface area contributed by atoms with Crippen molar-refractivity contribution in [1.82, 2.24) is 0 Å². The maximum absolute atomic E-state index is 5.59. The Morgan fingerprint density at radius 1 is 1.18 bits per heavy atom. The number of hydrogen-bond donors (Lipinski definition) is 3. The molecule has 0 aliphatic carbocycles. The Morgan fingerprint density at radius 2 is 1.64 bits per heavy atom. The first-order valence-electron chi connectivity index (χ1n) is 4.01. The van der Waals surface area contributed by atoms with Gasteiger partial charge in [-0.1, -0.05) is 37.8 Å². The normalized spacial score (nSPS) is 17.0. The third-order valence-electron chi connectivity index (χ3n) is 1.97. The largest absolute Gasteiger partial charge is 0.272 e. The molecule has 11 heavy (non-hydrogen) atoms. The zero-order chi connectivity index (χ0) is 9.07. The van der Waals surface area contributed by atoms with Crippen molar-refractivity contribution in [1.29, 1.82) is 0 Å². The van der Waals surface area contributed by atoms with E-state index in [1.54, 1.807) is 0 Å². The molecule has 0 saturated heterocycles. The van der Waals surface area contributed by atoms with Crippen molar-refractivity contribution in [3.05, 3.63) is 0 Å². The molecule has 0 bridgehead atoms. The zero-order valence-corrected chi connectivity index (χ0v) is 8.53. The van der Waals surface area contributed by atoms with E-state index in [0.29, 0.717) is 11.8 Å². The quantitative estimate of drug-likeness (QED) is 0.604. The summed E-state index contributed by atoms with van der Waals surface area (Å²) in [5, 5.41) is 16.8. The second-order valence-electron chi connectivity index (χ2n) is 3.49. The molecule has 0 amide bonds. The van der Waals surface area contributed by atoms with Crippen LogP contribution in [0, 0.1) is 11.8 Å².